The van der Waals surface area contributed by atoms with Crippen LogP contribution in [0.15, 0.2) is 29.3 Å². The van der Waals surface area contributed by atoms with Crippen molar-refractivity contribution < 1.29 is 9.26 Å². The van der Waals surface area contributed by atoms with Gasteiger partial charge in [0, 0.05) is 12.3 Å². The SMILES string of the molecule is C1=COC(c2ccon2)N1. The number of ether oxygens (including phenoxy) is 1. The van der Waals surface area contributed by atoms with Crippen molar-refractivity contribution >= 4 is 0 Å². The highest BCUT2D eigenvalue weighted by Gasteiger charge is 2.15. The summed E-state index contributed by atoms with van der Waals surface area (Å²) in [7, 11) is 0. The lowest BCUT2D eigenvalue weighted by Crippen LogP contribution is -2.11. The van der Waals surface area contributed by atoms with E-state index in [1.54, 1.807) is 18.5 Å². The predicted octanol–water partition coefficient (Wildman–Crippen LogP) is 0.764. The molecule has 1 aliphatic rings. The van der Waals surface area contributed by atoms with E-state index in [0.29, 0.717) is 0 Å². The molecular weight excluding hydrogens is 132 g/mol. The number of nitrogens with zero attached hydrogens (tertiary/aromatic N) is 1. The van der Waals surface area contributed by atoms with Gasteiger partial charge in [0.15, 0.2) is 0 Å². The van der Waals surface area contributed by atoms with Gasteiger partial charge in [-0.3, -0.25) is 0 Å². The summed E-state index contributed by atoms with van der Waals surface area (Å²) in [5, 5.41) is 6.63. The Morgan fingerprint density at radius 2 is 2.60 bits per heavy atom. The third-order valence-corrected chi connectivity index (χ3v) is 1.26. The van der Waals surface area contributed by atoms with E-state index in [-0.39, 0.29) is 6.23 Å². The number of hydrogen-bond acceptors (Lipinski definition) is 4. The van der Waals surface area contributed by atoms with Crippen LogP contribution in [0.3, 0.4) is 0 Å². The highest BCUT2D eigenvalue weighted by atomic mass is 16.5. The zero-order valence-corrected chi connectivity index (χ0v) is 5.15. The largest absolute Gasteiger partial charge is 0.471 e. The van der Waals surface area contributed by atoms with Crippen LogP contribution in [0.1, 0.15) is 11.9 Å². The fourth-order valence-electron chi connectivity index (χ4n) is 0.796. The van der Waals surface area contributed by atoms with E-state index in [4.69, 9.17) is 4.74 Å². The molecule has 0 saturated carbocycles. The van der Waals surface area contributed by atoms with Gasteiger partial charge in [0.1, 0.15) is 18.2 Å². The van der Waals surface area contributed by atoms with Crippen molar-refractivity contribution in [2.75, 3.05) is 0 Å². The van der Waals surface area contributed by atoms with Crippen LogP contribution in [0, 0.1) is 0 Å². The van der Waals surface area contributed by atoms with Crippen LogP contribution in [-0.4, -0.2) is 5.16 Å². The molecule has 0 radical (unpaired) electrons. The van der Waals surface area contributed by atoms with Crippen LogP contribution < -0.4 is 5.32 Å². The first-order chi connectivity index (χ1) is 4.97. The lowest BCUT2D eigenvalue weighted by Gasteiger charge is -2.05. The molecule has 2 heterocycles. The van der Waals surface area contributed by atoms with Crippen molar-refractivity contribution in [1.29, 1.82) is 0 Å². The molecule has 0 bridgehead atoms. The standard InChI is InChI=1S/C6H6N2O2/c1-3-10-8-5(1)6-7-2-4-9-6/h1-4,6-7H. The topological polar surface area (TPSA) is 47.3 Å². The van der Waals surface area contributed by atoms with E-state index >= 15 is 0 Å². The van der Waals surface area contributed by atoms with Gasteiger partial charge >= 0.3 is 0 Å². The Bertz CT molecular complexity index is 222. The van der Waals surface area contributed by atoms with Gasteiger partial charge in [-0.15, -0.1) is 0 Å². The molecule has 10 heavy (non-hydrogen) atoms. The molecule has 0 spiro atoms. The maximum Gasteiger partial charge on any atom is 0.215 e. The molecule has 4 nitrogen and oxygen atoms in total. The third-order valence-electron chi connectivity index (χ3n) is 1.26. The molecule has 52 valence electrons. The van der Waals surface area contributed by atoms with Crippen LogP contribution in [0.25, 0.3) is 0 Å². The zero-order chi connectivity index (χ0) is 6.81. The number of aromatic nitrogens is 1. The van der Waals surface area contributed by atoms with E-state index in [1.165, 1.54) is 6.26 Å². The van der Waals surface area contributed by atoms with Crippen molar-refractivity contribution in [2.24, 2.45) is 0 Å². The molecule has 0 amide bonds. The maximum absolute atomic E-state index is 5.08. The molecular formula is C6H6N2O2. The molecule has 1 aliphatic heterocycles. The van der Waals surface area contributed by atoms with Gasteiger partial charge in [-0.25, -0.2) is 0 Å². The van der Waals surface area contributed by atoms with Crippen LogP contribution in [-0.2, 0) is 4.74 Å². The Kier molecular flexibility index (Phi) is 1.10. The summed E-state index contributed by atoms with van der Waals surface area (Å²) in [6.07, 6.45) is 4.65. The molecule has 2 rings (SSSR count). The third kappa shape index (κ3) is 0.737. The molecule has 1 aromatic heterocycles. The minimum absolute atomic E-state index is 0.168. The summed E-state index contributed by atoms with van der Waals surface area (Å²) >= 11 is 0. The summed E-state index contributed by atoms with van der Waals surface area (Å²) < 4.78 is 9.71. The van der Waals surface area contributed by atoms with Crippen molar-refractivity contribution in [3.8, 4) is 0 Å². The normalized spacial score (nSPS) is 22.2. The summed E-state index contributed by atoms with van der Waals surface area (Å²) in [5.74, 6) is 0. The lowest BCUT2D eigenvalue weighted by molar-refractivity contribution is 0.145. The monoisotopic (exact) mass is 138 g/mol. The van der Waals surface area contributed by atoms with Crippen molar-refractivity contribution in [2.45, 2.75) is 6.23 Å². The molecule has 0 aromatic carbocycles. The quantitative estimate of drug-likeness (QED) is 0.622. The minimum Gasteiger partial charge on any atom is -0.471 e. The molecule has 4 heteroatoms. The Morgan fingerprint density at radius 3 is 3.20 bits per heavy atom. The van der Waals surface area contributed by atoms with Crippen molar-refractivity contribution in [3.05, 3.63) is 30.5 Å². The van der Waals surface area contributed by atoms with Gasteiger partial charge in [-0.1, -0.05) is 5.16 Å². The summed E-state index contributed by atoms with van der Waals surface area (Å²) in [6.45, 7) is 0. The summed E-state index contributed by atoms with van der Waals surface area (Å²) in [6, 6.07) is 1.75. The van der Waals surface area contributed by atoms with E-state index in [2.05, 4.69) is 15.0 Å². The highest BCUT2D eigenvalue weighted by molar-refractivity contribution is 5.03. The van der Waals surface area contributed by atoms with E-state index in [0.717, 1.165) is 5.69 Å². The second-order valence-electron chi connectivity index (χ2n) is 1.91. The predicted molar refractivity (Wildman–Crippen MR) is 32.6 cm³/mol. The first-order valence-corrected chi connectivity index (χ1v) is 2.93. The van der Waals surface area contributed by atoms with Crippen LogP contribution in [0.4, 0.5) is 0 Å². The number of nitrogens with one attached hydrogen (secondary N) is 1. The second kappa shape index (κ2) is 2.06. The van der Waals surface area contributed by atoms with Gasteiger partial charge in [-0.05, 0) is 0 Å². The molecule has 0 fully saturated rings. The zero-order valence-electron chi connectivity index (χ0n) is 5.15. The second-order valence-corrected chi connectivity index (χ2v) is 1.91. The Morgan fingerprint density at radius 1 is 1.60 bits per heavy atom. The van der Waals surface area contributed by atoms with Crippen molar-refractivity contribution in [1.82, 2.24) is 10.5 Å². The van der Waals surface area contributed by atoms with Gasteiger partial charge in [0.05, 0.1) is 0 Å². The Hall–Kier alpha value is -1.45. The molecule has 1 unspecified atom stereocenters. The average Bonchev–Trinajstić information content (AvgIpc) is 2.59. The fraction of sp³-hybridized carbons (Fsp3) is 0.167. The molecule has 1 N–H and O–H groups in total. The van der Waals surface area contributed by atoms with Crippen molar-refractivity contribution in [3.63, 3.8) is 0 Å². The average molecular weight is 138 g/mol. The van der Waals surface area contributed by atoms with Crippen LogP contribution in [0.5, 0.6) is 0 Å². The molecule has 1 atom stereocenters. The van der Waals surface area contributed by atoms with Gasteiger partial charge < -0.3 is 14.6 Å². The smallest absolute Gasteiger partial charge is 0.215 e. The van der Waals surface area contributed by atoms with Gasteiger partial charge in [-0.2, -0.15) is 0 Å². The van der Waals surface area contributed by atoms with E-state index in [1.807, 2.05) is 0 Å². The molecule has 0 saturated heterocycles. The number of rotatable bonds is 1. The first kappa shape index (κ1) is 5.34. The van der Waals surface area contributed by atoms with E-state index < -0.39 is 0 Å². The summed E-state index contributed by atoms with van der Waals surface area (Å²) in [5.41, 5.74) is 0.755. The molecule has 0 aliphatic carbocycles. The maximum atomic E-state index is 5.08. The van der Waals surface area contributed by atoms with Crippen LogP contribution in [0.2, 0.25) is 0 Å². The lowest BCUT2D eigenvalue weighted by atomic mass is 10.4. The molecule has 1 aromatic rings. The van der Waals surface area contributed by atoms with Gasteiger partial charge in [0.2, 0.25) is 6.23 Å². The Labute approximate surface area is 57.5 Å². The van der Waals surface area contributed by atoms with E-state index in [9.17, 15) is 0 Å². The Balaban J connectivity index is 2.14. The minimum atomic E-state index is -0.168. The summed E-state index contributed by atoms with van der Waals surface area (Å²) in [4.78, 5) is 0. The van der Waals surface area contributed by atoms with Crippen LogP contribution >= 0.6 is 0 Å². The highest BCUT2D eigenvalue weighted by Crippen LogP contribution is 2.15. The number of hydrogen-bond donors (Lipinski definition) is 1. The first-order valence-electron chi connectivity index (χ1n) is 2.93. The van der Waals surface area contributed by atoms with Gasteiger partial charge in [0.25, 0.3) is 0 Å². The fourth-order valence-corrected chi connectivity index (χ4v) is 0.796.